The Hall–Kier alpha value is -3.22. The number of anilines is 2. The predicted molar refractivity (Wildman–Crippen MR) is 148 cm³/mol. The Morgan fingerprint density at radius 1 is 0.917 bits per heavy atom. The molecule has 1 aliphatic heterocycles. The fraction of sp³-hybridized carbons (Fsp3) is 0.300. The van der Waals surface area contributed by atoms with Crippen molar-refractivity contribution in [3.05, 3.63) is 96.2 Å². The zero-order chi connectivity index (χ0) is 25.0. The molecule has 0 unspecified atom stereocenters. The molecule has 1 saturated heterocycles. The van der Waals surface area contributed by atoms with E-state index in [1.165, 1.54) is 5.56 Å². The van der Waals surface area contributed by atoms with E-state index in [1.54, 1.807) is 18.2 Å². The van der Waals surface area contributed by atoms with Crippen molar-refractivity contribution >= 4 is 32.1 Å². The van der Waals surface area contributed by atoms with Crippen molar-refractivity contribution in [2.45, 2.75) is 31.1 Å². The lowest BCUT2D eigenvalue weighted by molar-refractivity contribution is 0.193. The van der Waals surface area contributed by atoms with Crippen LogP contribution in [0.3, 0.4) is 0 Å². The summed E-state index contributed by atoms with van der Waals surface area (Å²) in [7, 11) is -3.38. The van der Waals surface area contributed by atoms with Crippen LogP contribution in [0.2, 0.25) is 0 Å². The summed E-state index contributed by atoms with van der Waals surface area (Å²) < 4.78 is 26.4. The molecule has 0 amide bonds. The summed E-state index contributed by atoms with van der Waals surface area (Å²) in [5.74, 6) is 0.813. The number of para-hydroxylation sites is 1. The molecule has 6 heteroatoms. The average molecular weight is 500 g/mol. The molecule has 5 rings (SSSR count). The Kier molecular flexibility index (Phi) is 7.35. The highest BCUT2D eigenvalue weighted by Gasteiger charge is 2.22. The second kappa shape index (κ2) is 10.8. The van der Waals surface area contributed by atoms with Gasteiger partial charge in [-0.25, -0.2) is 8.42 Å². The summed E-state index contributed by atoms with van der Waals surface area (Å²) >= 11 is 0. The number of benzene rings is 3. The minimum Gasteiger partial charge on any atom is -0.355 e. The second-order valence-corrected chi connectivity index (χ2v) is 11.9. The average Bonchev–Trinajstić information content (AvgIpc) is 2.89. The van der Waals surface area contributed by atoms with Crippen molar-refractivity contribution in [3.63, 3.8) is 0 Å². The molecule has 2 heterocycles. The Balaban J connectivity index is 1.20. The van der Waals surface area contributed by atoms with Gasteiger partial charge in [0.25, 0.3) is 0 Å². The highest BCUT2D eigenvalue weighted by molar-refractivity contribution is 7.91. The first kappa shape index (κ1) is 24.5. The van der Waals surface area contributed by atoms with Gasteiger partial charge in [-0.2, -0.15) is 0 Å². The molecule has 0 radical (unpaired) electrons. The number of hydrogen-bond donors (Lipinski definition) is 1. The third kappa shape index (κ3) is 5.94. The maximum absolute atomic E-state index is 13.2. The van der Waals surface area contributed by atoms with E-state index in [-0.39, 0.29) is 5.75 Å². The van der Waals surface area contributed by atoms with E-state index in [0.29, 0.717) is 17.4 Å². The van der Waals surface area contributed by atoms with Gasteiger partial charge in [0.2, 0.25) is 0 Å². The number of pyridine rings is 1. The largest absolute Gasteiger partial charge is 0.355 e. The van der Waals surface area contributed by atoms with Gasteiger partial charge >= 0.3 is 0 Å². The molecule has 4 aromatic rings. The first-order valence-corrected chi connectivity index (χ1v) is 14.3. The second-order valence-electron chi connectivity index (χ2n) is 9.77. The molecule has 0 bridgehead atoms. The minimum atomic E-state index is -3.38. The third-order valence-electron chi connectivity index (χ3n) is 7.07. The number of nitrogens with one attached hydrogen (secondary N) is 1. The number of piperidine rings is 1. The van der Waals surface area contributed by atoms with Crippen LogP contribution >= 0.6 is 0 Å². The molecular formula is C30H33N3O2S. The quantitative estimate of drug-likeness (QED) is 0.321. The minimum absolute atomic E-state index is 0.136. The lowest BCUT2D eigenvalue weighted by atomic mass is 9.90. The number of hydrogen-bond acceptors (Lipinski definition) is 5. The first-order chi connectivity index (χ1) is 17.5. The fourth-order valence-corrected chi connectivity index (χ4v) is 6.39. The van der Waals surface area contributed by atoms with Crippen LogP contribution in [0.5, 0.6) is 0 Å². The lowest BCUT2D eigenvalue weighted by Gasteiger charge is -2.32. The number of fused-ring (bicyclic) bond motifs is 1. The third-order valence-corrected chi connectivity index (χ3v) is 8.76. The van der Waals surface area contributed by atoms with Gasteiger partial charge in [0.05, 0.1) is 16.2 Å². The van der Waals surface area contributed by atoms with Gasteiger partial charge in [0.1, 0.15) is 0 Å². The lowest BCUT2D eigenvalue weighted by Crippen LogP contribution is -2.37. The molecule has 0 aliphatic carbocycles. The van der Waals surface area contributed by atoms with Crippen LogP contribution in [0.25, 0.3) is 10.9 Å². The molecule has 1 N–H and O–H groups in total. The van der Waals surface area contributed by atoms with Gasteiger partial charge < -0.3 is 10.2 Å². The van der Waals surface area contributed by atoms with Crippen LogP contribution in [0.4, 0.5) is 11.4 Å². The van der Waals surface area contributed by atoms with Crippen molar-refractivity contribution in [3.8, 4) is 0 Å². The number of aryl methyl sites for hydroxylation is 1. The summed E-state index contributed by atoms with van der Waals surface area (Å²) in [5, 5.41) is 4.42. The van der Waals surface area contributed by atoms with Gasteiger partial charge in [0.15, 0.2) is 9.84 Å². The number of nitrogens with zero attached hydrogens (tertiary/aromatic N) is 2. The van der Waals surface area contributed by atoms with Gasteiger partial charge in [-0.3, -0.25) is 4.98 Å². The van der Waals surface area contributed by atoms with Crippen LogP contribution in [0.15, 0.2) is 89.8 Å². The Labute approximate surface area is 214 Å². The monoisotopic (exact) mass is 499 g/mol. The maximum Gasteiger partial charge on any atom is 0.179 e. The summed E-state index contributed by atoms with van der Waals surface area (Å²) in [4.78, 5) is 7.25. The van der Waals surface area contributed by atoms with Crippen molar-refractivity contribution in [1.29, 1.82) is 0 Å². The zero-order valence-electron chi connectivity index (χ0n) is 20.7. The highest BCUT2D eigenvalue weighted by Crippen LogP contribution is 2.28. The molecule has 36 heavy (non-hydrogen) atoms. The van der Waals surface area contributed by atoms with E-state index in [9.17, 15) is 8.42 Å². The molecule has 0 spiro atoms. The highest BCUT2D eigenvalue weighted by atomic mass is 32.2. The molecular weight excluding hydrogens is 466 g/mol. The summed E-state index contributed by atoms with van der Waals surface area (Å²) in [6, 6.07) is 27.7. The van der Waals surface area contributed by atoms with E-state index in [1.807, 2.05) is 43.3 Å². The van der Waals surface area contributed by atoms with Gasteiger partial charge in [-0.15, -0.1) is 0 Å². The molecule has 5 nitrogen and oxygen atoms in total. The van der Waals surface area contributed by atoms with E-state index in [0.717, 1.165) is 60.3 Å². The van der Waals surface area contributed by atoms with Crippen molar-refractivity contribution < 1.29 is 8.42 Å². The summed E-state index contributed by atoms with van der Waals surface area (Å²) in [5.41, 5.74) is 4.89. The maximum atomic E-state index is 13.2. The zero-order valence-corrected chi connectivity index (χ0v) is 21.5. The van der Waals surface area contributed by atoms with E-state index >= 15 is 0 Å². The van der Waals surface area contributed by atoms with Crippen molar-refractivity contribution in [2.75, 3.05) is 30.7 Å². The van der Waals surface area contributed by atoms with E-state index in [4.69, 9.17) is 0 Å². The summed E-state index contributed by atoms with van der Waals surface area (Å²) in [6.07, 6.45) is 3.35. The number of likely N-dealkylation sites (tertiary alicyclic amines) is 1. The molecule has 186 valence electrons. The predicted octanol–water partition coefficient (Wildman–Crippen LogP) is 6.02. The fourth-order valence-electron chi connectivity index (χ4n) is 5.06. The van der Waals surface area contributed by atoms with Gasteiger partial charge in [0, 0.05) is 29.0 Å². The Bertz CT molecular complexity index is 1430. The smallest absolute Gasteiger partial charge is 0.179 e. The van der Waals surface area contributed by atoms with Crippen molar-refractivity contribution in [1.82, 2.24) is 9.88 Å². The Morgan fingerprint density at radius 2 is 1.67 bits per heavy atom. The molecule has 0 saturated carbocycles. The van der Waals surface area contributed by atoms with Crippen LogP contribution < -0.4 is 5.32 Å². The van der Waals surface area contributed by atoms with E-state index < -0.39 is 9.84 Å². The molecule has 3 aromatic carbocycles. The molecule has 0 atom stereocenters. The Morgan fingerprint density at radius 3 is 2.47 bits per heavy atom. The topological polar surface area (TPSA) is 62.3 Å². The normalized spacial score (nSPS) is 15.2. The molecule has 1 aliphatic rings. The van der Waals surface area contributed by atoms with Crippen LogP contribution in [0, 0.1) is 12.8 Å². The van der Waals surface area contributed by atoms with Crippen molar-refractivity contribution in [2.24, 2.45) is 5.92 Å². The number of rotatable bonds is 8. The summed E-state index contributed by atoms with van der Waals surface area (Å²) in [6.45, 7) is 4.46. The van der Waals surface area contributed by atoms with Gasteiger partial charge in [-0.05, 0) is 81.1 Å². The molecule has 1 aromatic heterocycles. The standard InChI is InChI=1S/C30H33N3O2S/c1-23-20-30(28-12-5-6-13-29(28)31-23)32-26-10-7-11-27(22-26)36(34,35)19-18-33-16-14-25(15-17-33)21-24-8-3-2-4-9-24/h2-13,20,22,25H,14-19,21H2,1H3,(H,31,32). The van der Waals surface area contributed by atoms with Crippen LogP contribution in [0.1, 0.15) is 24.1 Å². The number of sulfone groups is 1. The SMILES string of the molecule is Cc1cc(Nc2cccc(S(=O)(=O)CCN3CCC(Cc4ccccc4)CC3)c2)c2ccccc2n1. The molecule has 1 fully saturated rings. The van der Waals surface area contributed by atoms with Gasteiger partial charge in [-0.1, -0.05) is 54.6 Å². The van der Waals surface area contributed by atoms with Crippen LogP contribution in [-0.4, -0.2) is 43.7 Å². The first-order valence-electron chi connectivity index (χ1n) is 12.7. The van der Waals surface area contributed by atoms with E-state index in [2.05, 4.69) is 45.5 Å². The van der Waals surface area contributed by atoms with Crippen LogP contribution in [-0.2, 0) is 16.3 Å². The number of aromatic nitrogens is 1.